The van der Waals surface area contributed by atoms with Crippen molar-refractivity contribution < 1.29 is 19.1 Å². The highest BCUT2D eigenvalue weighted by molar-refractivity contribution is 6.04. The van der Waals surface area contributed by atoms with E-state index in [1.165, 1.54) is 0 Å². The van der Waals surface area contributed by atoms with Crippen LogP contribution in [0.3, 0.4) is 0 Å². The number of rotatable bonds is 11. The van der Waals surface area contributed by atoms with Gasteiger partial charge in [-0.3, -0.25) is 9.69 Å². The van der Waals surface area contributed by atoms with E-state index in [0.717, 1.165) is 36.8 Å². The first-order chi connectivity index (χ1) is 17.0. The molecule has 3 rings (SSSR count). The quantitative estimate of drug-likeness (QED) is 0.323. The molecule has 0 saturated carbocycles. The molecule has 3 amide bonds. The van der Waals surface area contributed by atoms with Gasteiger partial charge in [0.2, 0.25) is 5.91 Å². The fourth-order valence-corrected chi connectivity index (χ4v) is 4.19. The molecule has 0 aromatic heterocycles. The molecule has 35 heavy (non-hydrogen) atoms. The summed E-state index contributed by atoms with van der Waals surface area (Å²) in [6, 6.07) is 15.7. The monoisotopic (exact) mass is 477 g/mol. The summed E-state index contributed by atoms with van der Waals surface area (Å²) in [5, 5.41) is 5.91. The molecule has 2 N–H and O–H groups in total. The molecular weight excluding hydrogens is 442 g/mol. The number of hydrogen-bond donors (Lipinski definition) is 2. The van der Waals surface area contributed by atoms with Crippen LogP contribution in [0.2, 0.25) is 0 Å². The highest BCUT2D eigenvalue weighted by Gasteiger charge is 2.38. The zero-order valence-corrected chi connectivity index (χ0v) is 20.8. The number of nitrogens with one attached hydrogen (secondary N) is 2. The van der Waals surface area contributed by atoms with Crippen molar-refractivity contribution in [2.45, 2.75) is 58.9 Å². The summed E-state index contributed by atoms with van der Waals surface area (Å²) in [5.41, 5.74) is 3.14. The number of esters is 1. The third-order valence-corrected chi connectivity index (χ3v) is 5.85. The van der Waals surface area contributed by atoms with Crippen molar-refractivity contribution in [1.82, 2.24) is 10.2 Å². The number of urea groups is 1. The second-order valence-electron chi connectivity index (χ2n) is 8.51. The average molecular weight is 478 g/mol. The van der Waals surface area contributed by atoms with Crippen molar-refractivity contribution >= 4 is 29.3 Å². The first-order valence-electron chi connectivity index (χ1n) is 12.4. The number of hydrogen-bond acceptors (Lipinski definition) is 4. The predicted octanol–water partition coefficient (Wildman–Crippen LogP) is 5.66. The second kappa shape index (κ2) is 12.7. The zero-order chi connectivity index (χ0) is 25.2. The minimum absolute atomic E-state index is 0.0224. The lowest BCUT2D eigenvalue weighted by Crippen LogP contribution is -2.48. The number of ether oxygens (including phenoxy) is 1. The molecule has 1 aliphatic rings. The smallest absolute Gasteiger partial charge is 0.338 e. The van der Waals surface area contributed by atoms with Gasteiger partial charge in [-0.15, -0.1) is 0 Å². The van der Waals surface area contributed by atoms with Crippen molar-refractivity contribution in [3.63, 3.8) is 0 Å². The maximum atomic E-state index is 13.2. The molecule has 2 aromatic carbocycles. The van der Waals surface area contributed by atoms with E-state index in [1.54, 1.807) is 24.0 Å². The summed E-state index contributed by atoms with van der Waals surface area (Å²) in [4.78, 5) is 40.2. The molecule has 0 saturated heterocycles. The van der Waals surface area contributed by atoms with Crippen molar-refractivity contribution in [2.75, 3.05) is 18.5 Å². The maximum Gasteiger partial charge on any atom is 0.338 e. The molecule has 1 unspecified atom stereocenters. The molecule has 0 bridgehead atoms. The molecule has 7 nitrogen and oxygen atoms in total. The van der Waals surface area contributed by atoms with E-state index >= 15 is 0 Å². The molecule has 1 heterocycles. The van der Waals surface area contributed by atoms with Crippen molar-refractivity contribution in [1.29, 1.82) is 0 Å². The number of unbranched alkanes of at least 4 members (excludes halogenated alkanes) is 2. The molecule has 0 aliphatic carbocycles. The van der Waals surface area contributed by atoms with Gasteiger partial charge in [0, 0.05) is 18.7 Å². The van der Waals surface area contributed by atoms with E-state index in [4.69, 9.17) is 4.74 Å². The molecule has 0 fully saturated rings. The molecule has 0 spiro atoms. The van der Waals surface area contributed by atoms with Crippen LogP contribution in [0.15, 0.2) is 60.2 Å². The first kappa shape index (κ1) is 26.0. The zero-order valence-electron chi connectivity index (χ0n) is 20.8. The van der Waals surface area contributed by atoms with E-state index in [-0.39, 0.29) is 18.5 Å². The molecular formula is C28H35N3O4. The molecule has 186 valence electrons. The van der Waals surface area contributed by atoms with Gasteiger partial charge in [0.05, 0.1) is 23.9 Å². The summed E-state index contributed by atoms with van der Waals surface area (Å²) in [7, 11) is 0. The summed E-state index contributed by atoms with van der Waals surface area (Å²) >= 11 is 0. The summed E-state index contributed by atoms with van der Waals surface area (Å²) in [6.07, 6.45) is 4.16. The topological polar surface area (TPSA) is 87.7 Å². The SMILES string of the molecule is CCCCCC(=O)Nc1ccc(C2NC(=O)N(CCC)C(c3ccccc3)=C2C(=O)OCC)cc1. The standard InChI is InChI=1S/C28H35N3O4/c1-4-7-9-14-23(32)29-22-17-15-20(16-18-22)25-24(27(33)35-6-3)26(21-12-10-8-11-13-21)31(19-5-2)28(34)30-25/h8,10-13,15-18,25H,4-7,9,14,19H2,1-3H3,(H,29,32)(H,30,34). The summed E-state index contributed by atoms with van der Waals surface area (Å²) in [5.74, 6) is -0.489. The van der Waals surface area contributed by atoms with Gasteiger partial charge in [-0.25, -0.2) is 9.59 Å². The van der Waals surface area contributed by atoms with Crippen molar-refractivity contribution in [3.8, 4) is 0 Å². The van der Waals surface area contributed by atoms with Crippen LogP contribution in [0.25, 0.3) is 5.70 Å². The van der Waals surface area contributed by atoms with Crippen molar-refractivity contribution in [2.24, 2.45) is 0 Å². The van der Waals surface area contributed by atoms with Crippen LogP contribution >= 0.6 is 0 Å². The maximum absolute atomic E-state index is 13.2. The Hall–Kier alpha value is -3.61. The number of amides is 3. The van der Waals surface area contributed by atoms with Crippen LogP contribution in [0.1, 0.15) is 70.0 Å². The Bertz CT molecular complexity index is 1050. The van der Waals surface area contributed by atoms with Crippen LogP contribution in [-0.4, -0.2) is 36.0 Å². The van der Waals surface area contributed by atoms with Gasteiger partial charge in [0.15, 0.2) is 0 Å². The van der Waals surface area contributed by atoms with Gasteiger partial charge in [0.1, 0.15) is 0 Å². The normalized spacial score (nSPS) is 15.6. The van der Waals surface area contributed by atoms with E-state index in [0.29, 0.717) is 29.9 Å². The average Bonchev–Trinajstić information content (AvgIpc) is 2.86. The fourth-order valence-electron chi connectivity index (χ4n) is 4.19. The fraction of sp³-hybridized carbons (Fsp3) is 0.393. The molecule has 1 aliphatic heterocycles. The van der Waals surface area contributed by atoms with Crippen molar-refractivity contribution in [3.05, 3.63) is 71.3 Å². The lowest BCUT2D eigenvalue weighted by Gasteiger charge is -2.36. The third kappa shape index (κ3) is 6.50. The van der Waals surface area contributed by atoms with Gasteiger partial charge in [-0.05, 0) is 43.0 Å². The molecule has 0 radical (unpaired) electrons. The first-order valence-corrected chi connectivity index (χ1v) is 12.4. The number of carbonyl (C=O) groups excluding carboxylic acids is 3. The Morgan fingerprint density at radius 2 is 1.69 bits per heavy atom. The Kier molecular flexibility index (Phi) is 9.47. The lowest BCUT2D eigenvalue weighted by atomic mass is 9.91. The van der Waals surface area contributed by atoms with E-state index in [2.05, 4.69) is 17.6 Å². The van der Waals surface area contributed by atoms with Gasteiger partial charge in [-0.1, -0.05) is 69.2 Å². The minimum Gasteiger partial charge on any atom is -0.463 e. The number of nitrogens with zero attached hydrogens (tertiary/aromatic N) is 1. The Balaban J connectivity index is 1.99. The summed E-state index contributed by atoms with van der Waals surface area (Å²) < 4.78 is 5.44. The van der Waals surface area contributed by atoms with Gasteiger partial charge >= 0.3 is 12.0 Å². The molecule has 1 atom stereocenters. The van der Waals surface area contributed by atoms with Gasteiger partial charge in [0.25, 0.3) is 0 Å². The highest BCUT2D eigenvalue weighted by atomic mass is 16.5. The van der Waals surface area contributed by atoms with E-state index < -0.39 is 12.0 Å². The molecule has 7 heteroatoms. The van der Waals surface area contributed by atoms with Gasteiger partial charge < -0.3 is 15.4 Å². The highest BCUT2D eigenvalue weighted by Crippen LogP contribution is 2.37. The van der Waals surface area contributed by atoms with E-state index in [9.17, 15) is 14.4 Å². The number of benzene rings is 2. The number of anilines is 1. The van der Waals surface area contributed by atoms with Crippen LogP contribution in [0, 0.1) is 0 Å². The summed E-state index contributed by atoms with van der Waals surface area (Å²) in [6.45, 7) is 6.54. The number of carbonyl (C=O) groups is 3. The minimum atomic E-state index is -0.681. The Morgan fingerprint density at radius 1 is 0.971 bits per heavy atom. The largest absolute Gasteiger partial charge is 0.463 e. The molecule has 2 aromatic rings. The lowest BCUT2D eigenvalue weighted by molar-refractivity contribution is -0.139. The van der Waals surface area contributed by atoms with Crippen LogP contribution in [0.4, 0.5) is 10.5 Å². The second-order valence-corrected chi connectivity index (χ2v) is 8.51. The third-order valence-electron chi connectivity index (χ3n) is 5.85. The Morgan fingerprint density at radius 3 is 2.31 bits per heavy atom. The van der Waals surface area contributed by atoms with Gasteiger partial charge in [-0.2, -0.15) is 0 Å². The van der Waals surface area contributed by atoms with E-state index in [1.807, 2.05) is 49.4 Å². The van der Waals surface area contributed by atoms with Crippen LogP contribution in [0.5, 0.6) is 0 Å². The van der Waals surface area contributed by atoms with Crippen LogP contribution in [-0.2, 0) is 14.3 Å². The van der Waals surface area contributed by atoms with Crippen LogP contribution < -0.4 is 10.6 Å². The predicted molar refractivity (Wildman–Crippen MR) is 137 cm³/mol. The Labute approximate surface area is 207 Å².